The van der Waals surface area contributed by atoms with E-state index in [0.717, 1.165) is 51.3 Å². The van der Waals surface area contributed by atoms with Gasteiger partial charge in [-0.3, -0.25) is 14.2 Å². The Morgan fingerprint density at radius 1 is 1.09 bits per heavy atom. The summed E-state index contributed by atoms with van der Waals surface area (Å²) in [5.41, 5.74) is 5.64. The van der Waals surface area contributed by atoms with Gasteiger partial charge >= 0.3 is 0 Å². The summed E-state index contributed by atoms with van der Waals surface area (Å²) in [6.45, 7) is 10.1. The van der Waals surface area contributed by atoms with E-state index in [4.69, 9.17) is 4.98 Å². The number of hydrogen-bond donors (Lipinski definition) is 1. The Morgan fingerprint density at radius 2 is 1.79 bits per heavy atom. The van der Waals surface area contributed by atoms with Crippen molar-refractivity contribution in [2.75, 3.05) is 11.1 Å². The molecule has 0 aliphatic heterocycles. The summed E-state index contributed by atoms with van der Waals surface area (Å²) in [7, 11) is 0. The number of fused-ring (bicyclic) bond motifs is 1. The van der Waals surface area contributed by atoms with Crippen molar-refractivity contribution in [3.8, 4) is 5.69 Å². The maximum absolute atomic E-state index is 13.7. The summed E-state index contributed by atoms with van der Waals surface area (Å²) in [6, 6.07) is 13.8. The summed E-state index contributed by atoms with van der Waals surface area (Å²) in [4.78, 5) is 33.4. The molecule has 0 bridgehead atoms. The van der Waals surface area contributed by atoms with Crippen LogP contribution in [0.5, 0.6) is 0 Å². The van der Waals surface area contributed by atoms with E-state index in [-0.39, 0.29) is 17.2 Å². The van der Waals surface area contributed by atoms with Crippen LogP contribution >= 0.6 is 23.1 Å². The van der Waals surface area contributed by atoms with E-state index in [2.05, 4.69) is 12.2 Å². The van der Waals surface area contributed by atoms with Crippen molar-refractivity contribution in [1.29, 1.82) is 0 Å². The molecule has 4 rings (SSSR count). The van der Waals surface area contributed by atoms with Gasteiger partial charge in [0.1, 0.15) is 4.83 Å². The lowest BCUT2D eigenvalue weighted by molar-refractivity contribution is -0.113. The molecule has 1 N–H and O–H groups in total. The smallest absolute Gasteiger partial charge is 0.267 e. The normalized spacial score (nSPS) is 11.2. The van der Waals surface area contributed by atoms with Gasteiger partial charge in [-0.15, -0.1) is 11.3 Å². The van der Waals surface area contributed by atoms with Crippen molar-refractivity contribution in [2.24, 2.45) is 0 Å². The first-order chi connectivity index (χ1) is 16.3. The Hall–Kier alpha value is -2.90. The van der Waals surface area contributed by atoms with Crippen LogP contribution < -0.4 is 10.9 Å². The molecule has 2 heterocycles. The highest BCUT2D eigenvalue weighted by atomic mass is 32.2. The molecule has 0 saturated heterocycles. The van der Waals surface area contributed by atoms with Crippen molar-refractivity contribution in [2.45, 2.75) is 52.6 Å². The predicted octanol–water partition coefficient (Wildman–Crippen LogP) is 6.36. The third kappa shape index (κ3) is 4.81. The molecule has 34 heavy (non-hydrogen) atoms. The Balaban J connectivity index is 1.74. The lowest BCUT2D eigenvalue weighted by Gasteiger charge is -2.14. The number of hydrogen-bond acceptors (Lipinski definition) is 5. The molecule has 0 saturated carbocycles. The largest absolute Gasteiger partial charge is 0.325 e. The number of anilines is 1. The first kappa shape index (κ1) is 24.2. The molecule has 0 radical (unpaired) electrons. The molecule has 176 valence electrons. The molecule has 2 aromatic carbocycles. The first-order valence-corrected chi connectivity index (χ1v) is 13.2. The minimum absolute atomic E-state index is 0.0793. The zero-order chi connectivity index (χ0) is 24.4. The van der Waals surface area contributed by atoms with E-state index in [1.165, 1.54) is 16.6 Å². The summed E-state index contributed by atoms with van der Waals surface area (Å²) in [5, 5.41) is 4.24. The number of rotatable bonds is 7. The van der Waals surface area contributed by atoms with E-state index >= 15 is 0 Å². The zero-order valence-electron chi connectivity index (χ0n) is 20.2. The van der Waals surface area contributed by atoms with E-state index in [1.54, 1.807) is 15.9 Å². The second-order valence-corrected chi connectivity index (χ2v) is 10.6. The number of nitrogens with zero attached hydrogens (tertiary/aromatic N) is 2. The van der Waals surface area contributed by atoms with E-state index < -0.39 is 0 Å². The summed E-state index contributed by atoms with van der Waals surface area (Å²) in [5.74, 6) is 0.0329. The fourth-order valence-electron chi connectivity index (χ4n) is 4.08. The molecule has 7 heteroatoms. The minimum Gasteiger partial charge on any atom is -0.325 e. The van der Waals surface area contributed by atoms with Gasteiger partial charge in [0.25, 0.3) is 5.56 Å². The Bertz CT molecular complexity index is 1420. The second-order valence-electron chi connectivity index (χ2n) is 8.56. The number of amides is 1. The summed E-state index contributed by atoms with van der Waals surface area (Å²) in [6.07, 6.45) is 1.94. The van der Waals surface area contributed by atoms with Crippen molar-refractivity contribution < 1.29 is 4.79 Å². The van der Waals surface area contributed by atoms with Gasteiger partial charge in [0, 0.05) is 10.6 Å². The number of nitrogens with one attached hydrogen (secondary N) is 1. The quantitative estimate of drug-likeness (QED) is 0.241. The summed E-state index contributed by atoms with van der Waals surface area (Å²) < 4.78 is 1.65. The third-order valence-corrected chi connectivity index (χ3v) is 8.03. The van der Waals surface area contributed by atoms with Crippen LogP contribution in [0.15, 0.2) is 52.4 Å². The topological polar surface area (TPSA) is 64.0 Å². The molecular formula is C27H29N3O2S2. The van der Waals surface area contributed by atoms with E-state index in [1.807, 2.05) is 70.2 Å². The molecule has 4 aromatic rings. The van der Waals surface area contributed by atoms with Crippen molar-refractivity contribution in [1.82, 2.24) is 9.55 Å². The molecule has 2 aromatic heterocycles. The van der Waals surface area contributed by atoms with Crippen LogP contribution in [0, 0.1) is 27.7 Å². The van der Waals surface area contributed by atoms with Crippen molar-refractivity contribution in [3.63, 3.8) is 0 Å². The molecule has 0 fully saturated rings. The van der Waals surface area contributed by atoms with Gasteiger partial charge in [-0.1, -0.05) is 55.4 Å². The Morgan fingerprint density at radius 3 is 2.47 bits per heavy atom. The predicted molar refractivity (Wildman–Crippen MR) is 144 cm³/mol. The van der Waals surface area contributed by atoms with Gasteiger partial charge in [-0.05, 0) is 68.5 Å². The first-order valence-electron chi connectivity index (χ1n) is 11.4. The fraction of sp³-hybridized carbons (Fsp3) is 0.296. The SMILES string of the molecule is CCCc1sc2nc(SCC(=O)Nc3c(C)cccc3C)n(-c3cccc(C)c3)c(=O)c2c1C. The number of thioether (sulfide) groups is 1. The second kappa shape index (κ2) is 10.2. The number of para-hydroxylation sites is 1. The minimum atomic E-state index is -0.124. The number of aromatic nitrogens is 2. The van der Waals surface area contributed by atoms with Gasteiger partial charge in [0.2, 0.25) is 5.91 Å². The molecule has 0 unspecified atom stereocenters. The average molecular weight is 492 g/mol. The molecule has 0 spiro atoms. The van der Waals surface area contributed by atoms with Crippen LogP contribution in [0.2, 0.25) is 0 Å². The molecule has 5 nitrogen and oxygen atoms in total. The number of carbonyl (C=O) groups is 1. The lowest BCUT2D eigenvalue weighted by atomic mass is 10.1. The zero-order valence-corrected chi connectivity index (χ0v) is 21.8. The number of carbonyl (C=O) groups excluding carboxylic acids is 1. The lowest BCUT2D eigenvalue weighted by Crippen LogP contribution is -2.23. The summed E-state index contributed by atoms with van der Waals surface area (Å²) >= 11 is 2.88. The highest BCUT2D eigenvalue weighted by Gasteiger charge is 2.20. The van der Waals surface area contributed by atoms with E-state index in [9.17, 15) is 9.59 Å². The van der Waals surface area contributed by atoms with Gasteiger partial charge in [0.05, 0.1) is 16.8 Å². The van der Waals surface area contributed by atoms with Crippen LogP contribution in [0.25, 0.3) is 15.9 Å². The maximum Gasteiger partial charge on any atom is 0.267 e. The Labute approximate surface area is 208 Å². The van der Waals surface area contributed by atoms with Crippen LogP contribution in [0.4, 0.5) is 5.69 Å². The van der Waals surface area contributed by atoms with Crippen molar-refractivity contribution >= 4 is 44.9 Å². The fourth-order valence-corrected chi connectivity index (χ4v) is 6.22. The molecular weight excluding hydrogens is 462 g/mol. The third-order valence-electron chi connectivity index (χ3n) is 5.85. The highest BCUT2D eigenvalue weighted by molar-refractivity contribution is 7.99. The van der Waals surface area contributed by atoms with Crippen LogP contribution in [0.3, 0.4) is 0 Å². The van der Waals surface area contributed by atoms with Gasteiger partial charge < -0.3 is 5.32 Å². The maximum atomic E-state index is 13.7. The van der Waals surface area contributed by atoms with Gasteiger partial charge in [-0.2, -0.15) is 0 Å². The number of aryl methyl sites for hydroxylation is 5. The molecule has 0 aliphatic rings. The van der Waals surface area contributed by atoms with Crippen molar-refractivity contribution in [3.05, 3.63) is 79.9 Å². The molecule has 0 aliphatic carbocycles. The molecule has 1 amide bonds. The number of benzene rings is 2. The highest BCUT2D eigenvalue weighted by Crippen LogP contribution is 2.31. The molecule has 0 atom stereocenters. The van der Waals surface area contributed by atoms with E-state index in [0.29, 0.717) is 10.5 Å². The monoisotopic (exact) mass is 491 g/mol. The van der Waals surface area contributed by atoms with Gasteiger partial charge in [0.15, 0.2) is 5.16 Å². The Kier molecular flexibility index (Phi) is 7.24. The standard InChI is InChI=1S/C27H29N3O2S2/c1-6-9-21-19(5)23-25(34-21)29-27(30(26(23)32)20-13-7-10-16(2)14-20)33-15-22(31)28-24-17(3)11-8-12-18(24)4/h7-8,10-14H,6,9,15H2,1-5H3,(H,28,31). The van der Waals surface area contributed by atoms with Crippen LogP contribution in [-0.4, -0.2) is 21.2 Å². The van der Waals surface area contributed by atoms with Crippen LogP contribution in [0.1, 0.15) is 40.5 Å². The number of thiophene rings is 1. The van der Waals surface area contributed by atoms with Crippen LogP contribution in [-0.2, 0) is 11.2 Å². The average Bonchev–Trinajstić information content (AvgIpc) is 3.10. The van der Waals surface area contributed by atoms with Gasteiger partial charge in [-0.25, -0.2) is 4.98 Å².